The minimum absolute atomic E-state index is 0.0123. The first-order valence-electron chi connectivity index (χ1n) is 6.06. The highest BCUT2D eigenvalue weighted by Gasteiger charge is 2.37. The van der Waals surface area contributed by atoms with Gasteiger partial charge in [-0.05, 0) is 12.1 Å². The van der Waals surface area contributed by atoms with E-state index in [1.807, 2.05) is 0 Å². The van der Waals surface area contributed by atoms with E-state index in [-0.39, 0.29) is 29.2 Å². The molecule has 1 aliphatic rings. The maximum atomic E-state index is 11.9. The van der Waals surface area contributed by atoms with Crippen molar-refractivity contribution >= 4 is 44.7 Å². The van der Waals surface area contributed by atoms with Gasteiger partial charge in [-0.2, -0.15) is 0 Å². The predicted octanol–water partition coefficient (Wildman–Crippen LogP) is 1.37. The van der Waals surface area contributed by atoms with Gasteiger partial charge < -0.3 is 5.32 Å². The third kappa shape index (κ3) is 2.11. The minimum atomic E-state index is -0.780. The van der Waals surface area contributed by atoms with Gasteiger partial charge in [0.25, 0.3) is 5.91 Å². The van der Waals surface area contributed by atoms with E-state index in [0.717, 1.165) is 4.90 Å². The van der Waals surface area contributed by atoms with E-state index in [1.165, 1.54) is 30.0 Å². The maximum Gasteiger partial charge on any atom is 0.319 e. The molecule has 108 valence electrons. The Morgan fingerprint density at radius 2 is 2.24 bits per heavy atom. The van der Waals surface area contributed by atoms with Crippen molar-refractivity contribution in [2.75, 3.05) is 12.4 Å². The summed E-state index contributed by atoms with van der Waals surface area (Å²) in [4.78, 5) is 39.1. The smallest absolute Gasteiger partial charge is 0.319 e. The van der Waals surface area contributed by atoms with E-state index in [9.17, 15) is 19.7 Å². The molecule has 2 aromatic rings. The van der Waals surface area contributed by atoms with Crippen molar-refractivity contribution < 1.29 is 14.5 Å². The van der Waals surface area contributed by atoms with Crippen LogP contribution in [0.25, 0.3) is 10.2 Å². The van der Waals surface area contributed by atoms with Crippen LogP contribution in [0.4, 0.5) is 11.4 Å². The highest BCUT2D eigenvalue weighted by Crippen LogP contribution is 2.35. The predicted molar refractivity (Wildman–Crippen MR) is 76.1 cm³/mol. The molecule has 0 bridgehead atoms. The van der Waals surface area contributed by atoms with E-state index in [2.05, 4.69) is 10.3 Å². The van der Waals surface area contributed by atoms with E-state index in [1.54, 1.807) is 6.07 Å². The second kappa shape index (κ2) is 4.77. The van der Waals surface area contributed by atoms with Gasteiger partial charge in [-0.1, -0.05) is 0 Å². The number of nitro benzene ring substituents is 1. The number of rotatable bonds is 3. The zero-order chi connectivity index (χ0) is 15.1. The first-order chi connectivity index (χ1) is 9.99. The molecule has 2 amide bonds. The third-order valence-corrected chi connectivity index (χ3v) is 4.16. The minimum Gasteiger partial charge on any atom is -0.368 e. The van der Waals surface area contributed by atoms with Crippen LogP contribution in [-0.4, -0.2) is 39.7 Å². The van der Waals surface area contributed by atoms with Gasteiger partial charge in [0.15, 0.2) is 5.52 Å². The third-order valence-electron chi connectivity index (χ3n) is 3.37. The number of aromatic nitrogens is 1. The van der Waals surface area contributed by atoms with Crippen molar-refractivity contribution in [3.05, 3.63) is 27.8 Å². The summed E-state index contributed by atoms with van der Waals surface area (Å²) in [5, 5.41) is 14.1. The second-order valence-corrected chi connectivity index (χ2v) is 5.50. The molecule has 2 heterocycles. The average Bonchev–Trinajstić information content (AvgIpc) is 3.00. The lowest BCUT2D eigenvalue weighted by Crippen LogP contribution is -2.31. The molecule has 0 aliphatic carbocycles. The first kappa shape index (κ1) is 13.4. The van der Waals surface area contributed by atoms with Gasteiger partial charge in [0.1, 0.15) is 11.7 Å². The van der Waals surface area contributed by atoms with Crippen LogP contribution in [-0.2, 0) is 9.59 Å². The van der Waals surface area contributed by atoms with Crippen molar-refractivity contribution in [1.29, 1.82) is 0 Å². The van der Waals surface area contributed by atoms with Crippen LogP contribution in [0.5, 0.6) is 0 Å². The summed E-state index contributed by atoms with van der Waals surface area (Å²) in [5.41, 5.74) is 1.82. The summed E-state index contributed by atoms with van der Waals surface area (Å²) < 4.78 is 0.693. The number of anilines is 1. The summed E-state index contributed by atoms with van der Waals surface area (Å²) in [5.74, 6) is -0.706. The number of nitro groups is 1. The van der Waals surface area contributed by atoms with Crippen LogP contribution >= 0.6 is 11.3 Å². The summed E-state index contributed by atoms with van der Waals surface area (Å²) in [6.07, 6.45) is -0.0123. The molecule has 1 fully saturated rings. The Labute approximate surface area is 122 Å². The van der Waals surface area contributed by atoms with Crippen molar-refractivity contribution in [1.82, 2.24) is 9.88 Å². The summed E-state index contributed by atoms with van der Waals surface area (Å²) in [6, 6.07) is 2.46. The van der Waals surface area contributed by atoms with Crippen LogP contribution in [0.2, 0.25) is 0 Å². The van der Waals surface area contributed by atoms with Gasteiger partial charge in [0.05, 0.1) is 21.6 Å². The largest absolute Gasteiger partial charge is 0.368 e. The van der Waals surface area contributed by atoms with Crippen molar-refractivity contribution in [3.63, 3.8) is 0 Å². The van der Waals surface area contributed by atoms with Crippen LogP contribution < -0.4 is 5.32 Å². The highest BCUT2D eigenvalue weighted by atomic mass is 32.1. The van der Waals surface area contributed by atoms with Gasteiger partial charge in [0.2, 0.25) is 5.91 Å². The standard InChI is InChI=1S/C12H10N4O4S/c1-15-9(17)4-7(12(15)18)14-6-2-3-8-10(13-5-21-8)11(6)16(19)20/h2-3,5,7,14H,4H2,1H3. The van der Waals surface area contributed by atoms with Crippen molar-refractivity contribution in [2.45, 2.75) is 12.5 Å². The van der Waals surface area contributed by atoms with E-state index < -0.39 is 16.9 Å². The Kier molecular flexibility index (Phi) is 3.05. The molecule has 1 N–H and O–H groups in total. The fourth-order valence-electron chi connectivity index (χ4n) is 2.27. The van der Waals surface area contributed by atoms with E-state index in [0.29, 0.717) is 4.70 Å². The van der Waals surface area contributed by atoms with Crippen molar-refractivity contribution in [3.8, 4) is 0 Å². The number of nitrogens with zero attached hydrogens (tertiary/aromatic N) is 3. The van der Waals surface area contributed by atoms with Crippen LogP contribution in [0, 0.1) is 10.1 Å². The lowest BCUT2D eigenvalue weighted by molar-refractivity contribution is -0.382. The van der Waals surface area contributed by atoms with Crippen molar-refractivity contribution in [2.24, 2.45) is 0 Å². The van der Waals surface area contributed by atoms with E-state index >= 15 is 0 Å². The normalized spacial score (nSPS) is 18.5. The first-order valence-corrected chi connectivity index (χ1v) is 6.94. The number of amides is 2. The number of imide groups is 1. The number of thiazole rings is 1. The molecule has 1 aromatic carbocycles. The van der Waals surface area contributed by atoms with Gasteiger partial charge in [-0.25, -0.2) is 4.98 Å². The molecule has 3 rings (SSSR count). The second-order valence-electron chi connectivity index (χ2n) is 4.61. The molecule has 1 aliphatic heterocycles. The number of carbonyl (C=O) groups excluding carboxylic acids is 2. The number of benzene rings is 1. The summed E-state index contributed by atoms with van der Waals surface area (Å²) >= 11 is 1.30. The molecule has 1 saturated heterocycles. The molecule has 0 radical (unpaired) electrons. The fourth-order valence-corrected chi connectivity index (χ4v) is 2.95. The molecule has 0 spiro atoms. The fraction of sp³-hybridized carbons (Fsp3) is 0.250. The molecular formula is C12H10N4O4S. The topological polar surface area (TPSA) is 105 Å². The lowest BCUT2D eigenvalue weighted by atomic mass is 10.2. The van der Waals surface area contributed by atoms with Gasteiger partial charge >= 0.3 is 5.69 Å². The molecule has 1 unspecified atom stereocenters. The number of carbonyl (C=O) groups is 2. The maximum absolute atomic E-state index is 11.9. The Hall–Kier alpha value is -2.55. The summed E-state index contributed by atoms with van der Waals surface area (Å²) in [7, 11) is 1.39. The average molecular weight is 306 g/mol. The Morgan fingerprint density at radius 1 is 1.48 bits per heavy atom. The number of fused-ring (bicyclic) bond motifs is 1. The number of likely N-dealkylation sites (tertiary alicyclic amines) is 1. The number of nitrogens with one attached hydrogen (secondary N) is 1. The zero-order valence-corrected chi connectivity index (χ0v) is 11.7. The number of hydrogen-bond acceptors (Lipinski definition) is 7. The lowest BCUT2D eigenvalue weighted by Gasteiger charge is -2.12. The van der Waals surface area contributed by atoms with Crippen LogP contribution in [0.1, 0.15) is 6.42 Å². The van der Waals surface area contributed by atoms with Gasteiger partial charge in [-0.15, -0.1) is 11.3 Å². The molecule has 1 aromatic heterocycles. The summed E-state index contributed by atoms with van der Waals surface area (Å²) in [6.45, 7) is 0. The molecule has 0 saturated carbocycles. The Morgan fingerprint density at radius 3 is 2.86 bits per heavy atom. The SMILES string of the molecule is CN1C(=O)CC(Nc2ccc3scnc3c2[N+](=O)[O-])C1=O. The number of likely N-dealkylation sites (N-methyl/N-ethyl adjacent to an activating group) is 1. The van der Waals surface area contributed by atoms with Crippen LogP contribution in [0.3, 0.4) is 0 Å². The molecule has 21 heavy (non-hydrogen) atoms. The molecule has 1 atom stereocenters. The quantitative estimate of drug-likeness (QED) is 0.521. The van der Waals surface area contributed by atoms with E-state index in [4.69, 9.17) is 0 Å². The Bertz CT molecular complexity index is 772. The van der Waals surface area contributed by atoms with Gasteiger partial charge in [-0.3, -0.25) is 24.6 Å². The Balaban J connectivity index is 2.01. The zero-order valence-electron chi connectivity index (χ0n) is 10.9. The molecule has 9 heteroatoms. The van der Waals surface area contributed by atoms with Crippen LogP contribution in [0.15, 0.2) is 17.6 Å². The monoisotopic (exact) mass is 306 g/mol. The van der Waals surface area contributed by atoms with Gasteiger partial charge in [0, 0.05) is 7.05 Å². The molecule has 8 nitrogen and oxygen atoms in total. The molecular weight excluding hydrogens is 296 g/mol. The number of hydrogen-bond donors (Lipinski definition) is 1. The highest BCUT2D eigenvalue weighted by molar-refractivity contribution is 7.16.